The summed E-state index contributed by atoms with van der Waals surface area (Å²) in [6.07, 6.45) is 1.70. The Bertz CT molecular complexity index is 753. The summed E-state index contributed by atoms with van der Waals surface area (Å²) in [4.78, 5) is 0. The maximum atomic E-state index is 12.6. The van der Waals surface area contributed by atoms with E-state index in [1.54, 1.807) is 16.4 Å². The Kier molecular flexibility index (Phi) is 6.10. The molecule has 1 fully saturated rings. The van der Waals surface area contributed by atoms with E-state index in [0.29, 0.717) is 36.4 Å². The van der Waals surface area contributed by atoms with Crippen LogP contribution in [-0.2, 0) is 21.4 Å². The molecule has 0 radical (unpaired) electrons. The van der Waals surface area contributed by atoms with Crippen molar-refractivity contribution in [3.63, 3.8) is 0 Å². The molecule has 0 atom stereocenters. The van der Waals surface area contributed by atoms with Crippen LogP contribution in [0.15, 0.2) is 50.5 Å². The Morgan fingerprint density at radius 1 is 1.12 bits per heavy atom. The zero-order valence-electron chi connectivity index (χ0n) is 13.2. The number of ether oxygens (including phenoxy) is 1. The molecule has 1 aliphatic heterocycles. The van der Waals surface area contributed by atoms with Gasteiger partial charge in [-0.15, -0.1) is 11.3 Å². The van der Waals surface area contributed by atoms with Gasteiger partial charge >= 0.3 is 0 Å². The Morgan fingerprint density at radius 2 is 1.83 bits per heavy atom. The SMILES string of the molecule is O=S(=O)(c1ccc(Br)s1)N1CCC(COCc2ccccc2)CC1. The van der Waals surface area contributed by atoms with Crippen LogP contribution in [0, 0.1) is 5.92 Å². The van der Waals surface area contributed by atoms with Crippen LogP contribution >= 0.6 is 27.3 Å². The predicted octanol–water partition coefficient (Wildman–Crippen LogP) is 4.13. The molecule has 130 valence electrons. The molecule has 0 bridgehead atoms. The summed E-state index contributed by atoms with van der Waals surface area (Å²) in [5, 5.41) is 0. The standard InChI is InChI=1S/C17H20BrNO3S2/c18-16-6-7-17(23-16)24(20,21)19-10-8-15(9-11-19)13-22-12-14-4-2-1-3-5-14/h1-7,15H,8-13H2. The predicted molar refractivity (Wildman–Crippen MR) is 99.6 cm³/mol. The minimum Gasteiger partial charge on any atom is -0.376 e. The van der Waals surface area contributed by atoms with E-state index < -0.39 is 10.0 Å². The highest BCUT2D eigenvalue weighted by Crippen LogP contribution is 2.30. The highest BCUT2D eigenvalue weighted by Gasteiger charge is 2.30. The fourth-order valence-corrected chi connectivity index (χ4v) is 6.43. The fourth-order valence-electron chi connectivity index (χ4n) is 2.80. The fraction of sp³-hybridized carbons (Fsp3) is 0.412. The molecule has 2 aromatic rings. The Balaban J connectivity index is 1.47. The second kappa shape index (κ2) is 8.10. The van der Waals surface area contributed by atoms with E-state index in [4.69, 9.17) is 4.74 Å². The molecule has 0 unspecified atom stereocenters. The molecule has 3 rings (SSSR count). The van der Waals surface area contributed by atoms with Gasteiger partial charge in [0.25, 0.3) is 10.0 Å². The van der Waals surface area contributed by atoms with E-state index in [9.17, 15) is 8.42 Å². The maximum Gasteiger partial charge on any atom is 0.252 e. The van der Waals surface area contributed by atoms with Crippen LogP contribution in [-0.4, -0.2) is 32.4 Å². The van der Waals surface area contributed by atoms with Crippen molar-refractivity contribution in [2.75, 3.05) is 19.7 Å². The first kappa shape index (κ1) is 18.1. The molecule has 7 heteroatoms. The van der Waals surface area contributed by atoms with Gasteiger partial charge in [0.2, 0.25) is 0 Å². The second-order valence-corrected chi connectivity index (χ2v) is 10.5. The first-order chi connectivity index (χ1) is 11.6. The lowest BCUT2D eigenvalue weighted by molar-refractivity contribution is 0.0688. The molecular weight excluding hydrogens is 410 g/mol. The van der Waals surface area contributed by atoms with E-state index in [1.165, 1.54) is 16.9 Å². The van der Waals surface area contributed by atoms with Crippen molar-refractivity contribution in [1.29, 1.82) is 0 Å². The smallest absolute Gasteiger partial charge is 0.252 e. The van der Waals surface area contributed by atoms with Crippen molar-refractivity contribution >= 4 is 37.3 Å². The lowest BCUT2D eigenvalue weighted by Gasteiger charge is -2.30. The van der Waals surface area contributed by atoms with Crippen molar-refractivity contribution in [2.24, 2.45) is 5.92 Å². The lowest BCUT2D eigenvalue weighted by atomic mass is 9.99. The quantitative estimate of drug-likeness (QED) is 0.693. The highest BCUT2D eigenvalue weighted by atomic mass is 79.9. The first-order valence-electron chi connectivity index (χ1n) is 7.93. The number of thiophene rings is 1. The molecule has 0 saturated carbocycles. The summed E-state index contributed by atoms with van der Waals surface area (Å²) in [7, 11) is -3.35. The molecule has 4 nitrogen and oxygen atoms in total. The molecule has 1 saturated heterocycles. The van der Waals surface area contributed by atoms with E-state index in [-0.39, 0.29) is 0 Å². The third kappa shape index (κ3) is 4.46. The molecular formula is C17H20BrNO3S2. The average Bonchev–Trinajstić information content (AvgIpc) is 3.04. The third-order valence-electron chi connectivity index (χ3n) is 4.18. The van der Waals surface area contributed by atoms with Gasteiger partial charge in [0.15, 0.2) is 0 Å². The zero-order chi connectivity index (χ0) is 17.0. The number of piperidine rings is 1. The van der Waals surface area contributed by atoms with Crippen molar-refractivity contribution < 1.29 is 13.2 Å². The summed E-state index contributed by atoms with van der Waals surface area (Å²) in [5.74, 6) is 0.426. The monoisotopic (exact) mass is 429 g/mol. The van der Waals surface area contributed by atoms with Crippen LogP contribution in [0.25, 0.3) is 0 Å². The van der Waals surface area contributed by atoms with Gasteiger partial charge in [-0.05, 0) is 52.4 Å². The molecule has 1 aromatic carbocycles. The van der Waals surface area contributed by atoms with Crippen LogP contribution in [0.1, 0.15) is 18.4 Å². The lowest BCUT2D eigenvalue weighted by Crippen LogP contribution is -2.39. The molecule has 1 aliphatic rings. The van der Waals surface area contributed by atoms with Gasteiger partial charge in [-0.25, -0.2) is 8.42 Å². The molecule has 2 heterocycles. The van der Waals surface area contributed by atoms with Crippen molar-refractivity contribution in [3.05, 3.63) is 51.8 Å². The van der Waals surface area contributed by atoms with Gasteiger partial charge in [-0.1, -0.05) is 30.3 Å². The number of hydrogen-bond donors (Lipinski definition) is 0. The van der Waals surface area contributed by atoms with Gasteiger partial charge in [-0.3, -0.25) is 0 Å². The van der Waals surface area contributed by atoms with Crippen LogP contribution in [0.3, 0.4) is 0 Å². The minimum absolute atomic E-state index is 0.410. The summed E-state index contributed by atoms with van der Waals surface area (Å²) in [6, 6.07) is 13.5. The van der Waals surface area contributed by atoms with Crippen molar-refractivity contribution in [2.45, 2.75) is 23.7 Å². The van der Waals surface area contributed by atoms with Gasteiger partial charge < -0.3 is 4.74 Å². The number of sulfonamides is 1. The van der Waals surface area contributed by atoms with Gasteiger partial charge in [0, 0.05) is 19.7 Å². The average molecular weight is 430 g/mol. The number of benzene rings is 1. The topological polar surface area (TPSA) is 46.6 Å². The van der Waals surface area contributed by atoms with Crippen molar-refractivity contribution in [3.8, 4) is 0 Å². The van der Waals surface area contributed by atoms with Crippen LogP contribution in [0.2, 0.25) is 0 Å². The maximum absolute atomic E-state index is 12.6. The molecule has 0 spiro atoms. The number of halogens is 1. The Hall–Kier alpha value is -0.730. The molecule has 0 N–H and O–H groups in total. The van der Waals surface area contributed by atoms with Crippen LogP contribution in [0.4, 0.5) is 0 Å². The largest absolute Gasteiger partial charge is 0.376 e. The Labute approximate surface area is 155 Å². The minimum atomic E-state index is -3.35. The van der Waals surface area contributed by atoms with Gasteiger partial charge in [0.05, 0.1) is 10.4 Å². The van der Waals surface area contributed by atoms with Crippen molar-refractivity contribution in [1.82, 2.24) is 4.31 Å². The number of nitrogens with zero attached hydrogens (tertiary/aromatic N) is 1. The first-order valence-corrected chi connectivity index (χ1v) is 11.0. The molecule has 0 amide bonds. The Morgan fingerprint density at radius 3 is 2.46 bits per heavy atom. The van der Waals surface area contributed by atoms with E-state index in [1.807, 2.05) is 30.3 Å². The highest BCUT2D eigenvalue weighted by molar-refractivity contribution is 9.11. The molecule has 0 aliphatic carbocycles. The summed E-state index contributed by atoms with van der Waals surface area (Å²) in [6.45, 7) is 2.43. The van der Waals surface area contributed by atoms with Crippen LogP contribution < -0.4 is 0 Å². The summed E-state index contributed by atoms with van der Waals surface area (Å²) in [5.41, 5.74) is 1.17. The molecule has 24 heavy (non-hydrogen) atoms. The zero-order valence-corrected chi connectivity index (χ0v) is 16.4. The van der Waals surface area contributed by atoms with Gasteiger partial charge in [0.1, 0.15) is 4.21 Å². The van der Waals surface area contributed by atoms with E-state index in [2.05, 4.69) is 15.9 Å². The second-order valence-electron chi connectivity index (χ2n) is 5.91. The van der Waals surface area contributed by atoms with Crippen LogP contribution in [0.5, 0.6) is 0 Å². The van der Waals surface area contributed by atoms with Gasteiger partial charge in [-0.2, -0.15) is 4.31 Å². The summed E-state index contributed by atoms with van der Waals surface area (Å²) < 4.78 is 33.8. The number of hydrogen-bond acceptors (Lipinski definition) is 4. The van der Waals surface area contributed by atoms with E-state index >= 15 is 0 Å². The summed E-state index contributed by atoms with van der Waals surface area (Å²) >= 11 is 4.59. The molecule has 1 aromatic heterocycles. The third-order valence-corrected chi connectivity index (χ3v) is 8.17. The number of rotatable bonds is 6. The van der Waals surface area contributed by atoms with E-state index in [0.717, 1.165) is 16.6 Å². The normalized spacial score (nSPS) is 17.2.